The van der Waals surface area contributed by atoms with Gasteiger partial charge in [0.15, 0.2) is 5.13 Å². The van der Waals surface area contributed by atoms with Gasteiger partial charge in [-0.25, -0.2) is 4.98 Å². The lowest BCUT2D eigenvalue weighted by atomic mass is 9.95. The molecule has 1 amide bonds. The molecule has 1 unspecified atom stereocenters. The molecule has 2 heterocycles. The van der Waals surface area contributed by atoms with Crippen molar-refractivity contribution in [3.05, 3.63) is 83.4 Å². The first kappa shape index (κ1) is 23.4. The van der Waals surface area contributed by atoms with Crippen molar-refractivity contribution in [1.82, 2.24) is 4.98 Å². The van der Waals surface area contributed by atoms with E-state index in [2.05, 4.69) is 4.98 Å². The highest BCUT2D eigenvalue weighted by Gasteiger charge is 2.48. The largest absolute Gasteiger partial charge is 0.507 e. The number of Topliss-reactive ketones (excluding diaryl/α,β-unsaturated/α-hetero) is 1. The summed E-state index contributed by atoms with van der Waals surface area (Å²) in [4.78, 5) is 32.7. The smallest absolute Gasteiger partial charge is 0.301 e. The first-order valence-corrected chi connectivity index (χ1v) is 11.8. The van der Waals surface area contributed by atoms with E-state index in [1.807, 2.05) is 6.07 Å². The number of aliphatic hydroxyl groups excluding tert-OH is 1. The lowest BCUT2D eigenvalue weighted by molar-refractivity contribution is -0.132. The number of carbonyl (C=O) groups excluding carboxylic acids is 2. The van der Waals surface area contributed by atoms with Gasteiger partial charge >= 0.3 is 5.91 Å². The fourth-order valence-corrected chi connectivity index (χ4v) is 5.20. The number of fused-ring (bicyclic) bond motifs is 1. The van der Waals surface area contributed by atoms with Gasteiger partial charge in [0.2, 0.25) is 0 Å². The second kappa shape index (κ2) is 9.35. The number of rotatable bonds is 6. The second-order valence-corrected chi connectivity index (χ2v) is 9.01. The molecule has 8 nitrogen and oxygen atoms in total. The maximum atomic E-state index is 13.4. The van der Waals surface area contributed by atoms with E-state index in [9.17, 15) is 14.7 Å². The van der Waals surface area contributed by atoms with Crippen LogP contribution in [-0.4, -0.2) is 43.1 Å². The maximum Gasteiger partial charge on any atom is 0.301 e. The van der Waals surface area contributed by atoms with Gasteiger partial charge < -0.3 is 19.3 Å². The van der Waals surface area contributed by atoms with Crippen LogP contribution in [-0.2, 0) is 9.59 Å². The first-order chi connectivity index (χ1) is 17.4. The Morgan fingerprint density at radius 2 is 1.56 bits per heavy atom. The minimum absolute atomic E-state index is 0.0322. The van der Waals surface area contributed by atoms with Gasteiger partial charge in [0.25, 0.3) is 5.78 Å². The molecule has 0 aliphatic carbocycles. The summed E-state index contributed by atoms with van der Waals surface area (Å²) in [7, 11) is 4.64. The molecule has 182 valence electrons. The average molecular weight is 503 g/mol. The number of methoxy groups -OCH3 is 3. The number of carbonyl (C=O) groups is 2. The Kier molecular flexibility index (Phi) is 6.07. The molecule has 1 fully saturated rings. The second-order valence-electron chi connectivity index (χ2n) is 8.00. The van der Waals surface area contributed by atoms with Crippen LogP contribution in [0.5, 0.6) is 17.2 Å². The molecule has 1 aromatic heterocycles. The van der Waals surface area contributed by atoms with Gasteiger partial charge in [0.05, 0.1) is 43.2 Å². The summed E-state index contributed by atoms with van der Waals surface area (Å²) >= 11 is 1.26. The zero-order valence-corrected chi connectivity index (χ0v) is 20.5. The number of ether oxygens (including phenoxy) is 3. The van der Waals surface area contributed by atoms with E-state index in [1.54, 1.807) is 74.9 Å². The van der Waals surface area contributed by atoms with Crippen molar-refractivity contribution >= 4 is 44.1 Å². The molecule has 1 aliphatic heterocycles. The number of anilines is 1. The van der Waals surface area contributed by atoms with Gasteiger partial charge in [0.1, 0.15) is 23.0 Å². The predicted octanol–water partition coefficient (Wildman–Crippen LogP) is 4.95. The number of amides is 1. The molecule has 0 radical (unpaired) electrons. The highest BCUT2D eigenvalue weighted by Crippen LogP contribution is 2.45. The van der Waals surface area contributed by atoms with Gasteiger partial charge in [-0.15, -0.1) is 0 Å². The van der Waals surface area contributed by atoms with E-state index in [-0.39, 0.29) is 11.3 Å². The highest BCUT2D eigenvalue weighted by atomic mass is 32.1. The Morgan fingerprint density at radius 3 is 2.25 bits per heavy atom. The molecule has 3 aromatic carbocycles. The average Bonchev–Trinajstić information content (AvgIpc) is 3.45. The number of ketones is 1. The van der Waals surface area contributed by atoms with E-state index >= 15 is 0 Å². The number of thiazole rings is 1. The SMILES string of the molecule is COc1ccc(C2C(=C(O)c3cccc(OC)c3)C(=O)C(=O)N2c2nc3ccc(OC)cc3s2)cc1. The molecule has 0 saturated carbocycles. The molecule has 36 heavy (non-hydrogen) atoms. The summed E-state index contributed by atoms with van der Waals surface area (Å²) in [6.45, 7) is 0. The summed E-state index contributed by atoms with van der Waals surface area (Å²) in [6, 6.07) is 18.2. The Hall–Kier alpha value is -4.37. The van der Waals surface area contributed by atoms with Crippen molar-refractivity contribution < 1.29 is 28.9 Å². The van der Waals surface area contributed by atoms with Crippen LogP contribution in [0.4, 0.5) is 5.13 Å². The number of aliphatic hydroxyl groups is 1. The van der Waals surface area contributed by atoms with Crippen molar-refractivity contribution in [2.75, 3.05) is 26.2 Å². The first-order valence-electron chi connectivity index (χ1n) is 11.0. The molecule has 0 bridgehead atoms. The fraction of sp³-hybridized carbons (Fsp3) is 0.148. The highest BCUT2D eigenvalue weighted by molar-refractivity contribution is 7.22. The van der Waals surface area contributed by atoms with Crippen molar-refractivity contribution in [3.63, 3.8) is 0 Å². The molecule has 9 heteroatoms. The molecule has 1 atom stereocenters. The fourth-order valence-electron chi connectivity index (χ4n) is 4.18. The third-order valence-corrected chi connectivity index (χ3v) is 7.03. The van der Waals surface area contributed by atoms with Gasteiger partial charge in [0, 0.05) is 5.56 Å². The quantitative estimate of drug-likeness (QED) is 0.226. The van der Waals surface area contributed by atoms with E-state index < -0.39 is 17.7 Å². The standard InChI is InChI=1S/C27H22N2O6S/c1-33-17-9-7-15(8-10-17)23-22(24(30)16-5-4-6-18(13-16)34-2)25(31)26(32)29(23)27-28-20-12-11-19(35-3)14-21(20)36-27/h4-14,23,30H,1-3H3. The van der Waals surface area contributed by atoms with Crippen LogP contribution in [0, 0.1) is 0 Å². The number of benzene rings is 3. The van der Waals surface area contributed by atoms with Crippen molar-refractivity contribution in [1.29, 1.82) is 0 Å². The minimum atomic E-state index is -0.899. The van der Waals surface area contributed by atoms with Gasteiger partial charge in [-0.05, 0) is 48.0 Å². The molecule has 1 aliphatic rings. The van der Waals surface area contributed by atoms with Crippen LogP contribution < -0.4 is 19.1 Å². The summed E-state index contributed by atoms with van der Waals surface area (Å²) in [5.74, 6) is -0.0768. The molecule has 4 aromatic rings. The Morgan fingerprint density at radius 1 is 0.889 bits per heavy atom. The normalized spacial score (nSPS) is 17.0. The van der Waals surface area contributed by atoms with Crippen molar-refractivity contribution in [2.24, 2.45) is 0 Å². The third-order valence-electron chi connectivity index (χ3n) is 6.01. The molecule has 1 saturated heterocycles. The summed E-state index contributed by atoms with van der Waals surface area (Å²) in [6.07, 6.45) is 0. The lowest BCUT2D eigenvalue weighted by Crippen LogP contribution is -2.29. The van der Waals surface area contributed by atoms with Crippen LogP contribution in [0.2, 0.25) is 0 Å². The van der Waals surface area contributed by atoms with E-state index in [0.717, 1.165) is 4.70 Å². The number of aromatic nitrogens is 1. The predicted molar refractivity (Wildman–Crippen MR) is 137 cm³/mol. The summed E-state index contributed by atoms with van der Waals surface area (Å²) < 4.78 is 16.6. The van der Waals surface area contributed by atoms with Crippen LogP contribution in [0.1, 0.15) is 17.2 Å². The third kappa shape index (κ3) is 3.93. The lowest BCUT2D eigenvalue weighted by Gasteiger charge is -2.23. The van der Waals surface area contributed by atoms with E-state index in [1.165, 1.54) is 23.3 Å². The molecule has 1 N–H and O–H groups in total. The zero-order chi connectivity index (χ0) is 25.4. The number of hydrogen-bond donors (Lipinski definition) is 1. The van der Waals surface area contributed by atoms with E-state index in [0.29, 0.717) is 39.0 Å². The Bertz CT molecular complexity index is 1510. The summed E-state index contributed by atoms with van der Waals surface area (Å²) in [5.41, 5.74) is 1.62. The van der Waals surface area contributed by atoms with Crippen LogP contribution >= 0.6 is 11.3 Å². The van der Waals surface area contributed by atoms with Crippen LogP contribution in [0.15, 0.2) is 72.3 Å². The van der Waals surface area contributed by atoms with Crippen LogP contribution in [0.3, 0.4) is 0 Å². The van der Waals surface area contributed by atoms with Gasteiger partial charge in [-0.2, -0.15) is 0 Å². The molecule has 0 spiro atoms. The number of hydrogen-bond acceptors (Lipinski definition) is 8. The Balaban J connectivity index is 1.71. The topological polar surface area (TPSA) is 98.2 Å². The number of nitrogens with zero attached hydrogens (tertiary/aromatic N) is 2. The molecular formula is C27H22N2O6S. The van der Waals surface area contributed by atoms with Crippen molar-refractivity contribution in [3.8, 4) is 17.2 Å². The zero-order valence-electron chi connectivity index (χ0n) is 19.7. The maximum absolute atomic E-state index is 13.4. The van der Waals surface area contributed by atoms with E-state index in [4.69, 9.17) is 14.2 Å². The molecule has 5 rings (SSSR count). The van der Waals surface area contributed by atoms with Crippen molar-refractivity contribution in [2.45, 2.75) is 6.04 Å². The summed E-state index contributed by atoms with van der Waals surface area (Å²) in [5, 5.41) is 11.6. The van der Waals surface area contributed by atoms with Gasteiger partial charge in [-0.1, -0.05) is 35.6 Å². The Labute approximate surface area is 211 Å². The monoisotopic (exact) mass is 502 g/mol. The molecular weight excluding hydrogens is 480 g/mol. The van der Waals surface area contributed by atoms with Crippen LogP contribution in [0.25, 0.3) is 16.0 Å². The minimum Gasteiger partial charge on any atom is -0.507 e. The van der Waals surface area contributed by atoms with Gasteiger partial charge in [-0.3, -0.25) is 14.5 Å².